The summed E-state index contributed by atoms with van der Waals surface area (Å²) in [5.74, 6) is 0.0430. The number of carbonyl (C=O) groups excluding carboxylic acids is 1. The minimum atomic E-state index is -3.96. The Bertz CT molecular complexity index is 940. The highest BCUT2D eigenvalue weighted by Crippen LogP contribution is 2.27. The highest BCUT2D eigenvalue weighted by Gasteiger charge is 2.23. The lowest BCUT2D eigenvalue weighted by atomic mass is 10.2. The van der Waals surface area contributed by atoms with Gasteiger partial charge >= 0.3 is 5.97 Å². The Morgan fingerprint density at radius 3 is 2.28 bits per heavy atom. The van der Waals surface area contributed by atoms with Crippen LogP contribution in [0.15, 0.2) is 47.4 Å². The fraction of sp³-hybridized carbons (Fsp3) is 0.381. The summed E-state index contributed by atoms with van der Waals surface area (Å²) in [6, 6.07) is 11.1. The molecule has 8 heteroatoms. The molecule has 0 aliphatic carbocycles. The van der Waals surface area contributed by atoms with Crippen LogP contribution >= 0.6 is 0 Å². The molecule has 158 valence electrons. The standard InChI is InChI=1S/C21H28N2O5S/c1-6-15(4)22-19-12-7-16(21(24)28-14(2)3)13-20(19)29(25,26)23-17-8-10-18(27-5)11-9-17/h7-15,22-23H,6H2,1-5H3/t15-/m1/s1. The quantitative estimate of drug-likeness (QED) is 0.589. The zero-order valence-corrected chi connectivity index (χ0v) is 18.2. The summed E-state index contributed by atoms with van der Waals surface area (Å²) < 4.78 is 39.1. The summed E-state index contributed by atoms with van der Waals surface area (Å²) in [7, 11) is -2.43. The molecular weight excluding hydrogens is 392 g/mol. The zero-order chi connectivity index (χ0) is 21.6. The van der Waals surface area contributed by atoms with Crippen molar-refractivity contribution in [3.05, 3.63) is 48.0 Å². The number of methoxy groups -OCH3 is 1. The number of hydrogen-bond acceptors (Lipinski definition) is 6. The second-order valence-electron chi connectivity index (χ2n) is 6.95. The van der Waals surface area contributed by atoms with Crippen molar-refractivity contribution < 1.29 is 22.7 Å². The molecule has 0 unspecified atom stereocenters. The molecule has 29 heavy (non-hydrogen) atoms. The van der Waals surface area contributed by atoms with Crippen molar-refractivity contribution in [2.75, 3.05) is 17.1 Å². The summed E-state index contributed by atoms with van der Waals surface area (Å²) >= 11 is 0. The first-order valence-corrected chi connectivity index (χ1v) is 10.9. The second kappa shape index (κ2) is 9.65. The molecule has 0 fully saturated rings. The molecule has 2 aromatic carbocycles. The zero-order valence-electron chi connectivity index (χ0n) is 17.4. The normalized spacial score (nSPS) is 12.3. The molecule has 0 heterocycles. The minimum Gasteiger partial charge on any atom is -0.497 e. The predicted octanol–water partition coefficient (Wildman–Crippen LogP) is 4.27. The van der Waals surface area contributed by atoms with Gasteiger partial charge in [0.15, 0.2) is 0 Å². The van der Waals surface area contributed by atoms with E-state index in [4.69, 9.17) is 9.47 Å². The molecule has 0 radical (unpaired) electrons. The number of hydrogen-bond donors (Lipinski definition) is 2. The molecule has 0 aromatic heterocycles. The first-order chi connectivity index (χ1) is 13.7. The molecule has 0 saturated heterocycles. The number of rotatable bonds is 9. The van der Waals surface area contributed by atoms with Gasteiger partial charge in [0.1, 0.15) is 10.6 Å². The Balaban J connectivity index is 2.44. The van der Waals surface area contributed by atoms with Gasteiger partial charge in [0.2, 0.25) is 0 Å². The van der Waals surface area contributed by atoms with E-state index in [1.54, 1.807) is 50.2 Å². The number of carbonyl (C=O) groups is 1. The maximum atomic E-state index is 13.1. The molecule has 2 N–H and O–H groups in total. The first kappa shape index (κ1) is 22.5. The maximum Gasteiger partial charge on any atom is 0.338 e. The fourth-order valence-electron chi connectivity index (χ4n) is 2.51. The van der Waals surface area contributed by atoms with Crippen molar-refractivity contribution in [1.82, 2.24) is 0 Å². The van der Waals surface area contributed by atoms with Crippen LogP contribution < -0.4 is 14.8 Å². The molecule has 0 saturated carbocycles. The van der Waals surface area contributed by atoms with Gasteiger partial charge in [0, 0.05) is 11.7 Å². The summed E-state index contributed by atoms with van der Waals surface area (Å²) in [5.41, 5.74) is 0.973. The lowest BCUT2D eigenvalue weighted by Gasteiger charge is -2.18. The van der Waals surface area contributed by atoms with Crippen LogP contribution in [0.4, 0.5) is 11.4 Å². The highest BCUT2D eigenvalue weighted by molar-refractivity contribution is 7.92. The van der Waals surface area contributed by atoms with E-state index in [0.29, 0.717) is 17.1 Å². The molecule has 7 nitrogen and oxygen atoms in total. The van der Waals surface area contributed by atoms with Crippen LogP contribution in [0.5, 0.6) is 5.75 Å². The molecule has 0 aliphatic heterocycles. The van der Waals surface area contributed by atoms with Gasteiger partial charge in [-0.3, -0.25) is 4.72 Å². The van der Waals surface area contributed by atoms with E-state index in [-0.39, 0.29) is 22.6 Å². The van der Waals surface area contributed by atoms with E-state index in [1.807, 2.05) is 13.8 Å². The second-order valence-corrected chi connectivity index (χ2v) is 8.60. The minimum absolute atomic E-state index is 0.0215. The van der Waals surface area contributed by atoms with Gasteiger partial charge in [0.05, 0.1) is 24.5 Å². The van der Waals surface area contributed by atoms with E-state index < -0.39 is 16.0 Å². The van der Waals surface area contributed by atoms with Crippen LogP contribution in [0.1, 0.15) is 44.5 Å². The number of esters is 1. The van der Waals surface area contributed by atoms with Crippen LogP contribution in [0.2, 0.25) is 0 Å². The molecule has 0 aliphatic rings. The van der Waals surface area contributed by atoms with Gasteiger partial charge in [-0.05, 0) is 69.7 Å². The number of benzene rings is 2. The lowest BCUT2D eigenvalue weighted by Crippen LogP contribution is -2.20. The van der Waals surface area contributed by atoms with Crippen molar-refractivity contribution in [2.45, 2.75) is 51.2 Å². The molecule has 0 spiro atoms. The SMILES string of the molecule is CC[C@@H](C)Nc1ccc(C(=O)OC(C)C)cc1S(=O)(=O)Nc1ccc(OC)cc1. The third-order valence-corrected chi connectivity index (χ3v) is 5.63. The van der Waals surface area contributed by atoms with Crippen LogP contribution in [0.3, 0.4) is 0 Å². The Morgan fingerprint density at radius 1 is 1.07 bits per heavy atom. The van der Waals surface area contributed by atoms with Crippen LogP contribution in [0, 0.1) is 0 Å². The molecule has 0 bridgehead atoms. The first-order valence-electron chi connectivity index (χ1n) is 9.44. The van der Waals surface area contributed by atoms with Gasteiger partial charge in [-0.2, -0.15) is 0 Å². The van der Waals surface area contributed by atoms with Gasteiger partial charge < -0.3 is 14.8 Å². The topological polar surface area (TPSA) is 93.7 Å². The average molecular weight is 421 g/mol. The lowest BCUT2D eigenvalue weighted by molar-refractivity contribution is 0.0377. The third-order valence-electron chi connectivity index (χ3n) is 4.21. The highest BCUT2D eigenvalue weighted by atomic mass is 32.2. The van der Waals surface area contributed by atoms with Crippen molar-refractivity contribution >= 4 is 27.4 Å². The van der Waals surface area contributed by atoms with Crippen molar-refractivity contribution in [2.24, 2.45) is 0 Å². The molecule has 0 amide bonds. The van der Waals surface area contributed by atoms with E-state index in [9.17, 15) is 13.2 Å². The van der Waals surface area contributed by atoms with Gasteiger partial charge in [0.25, 0.3) is 10.0 Å². The van der Waals surface area contributed by atoms with Gasteiger partial charge in [-0.15, -0.1) is 0 Å². The fourth-order valence-corrected chi connectivity index (χ4v) is 3.76. The van der Waals surface area contributed by atoms with E-state index >= 15 is 0 Å². The maximum absolute atomic E-state index is 13.1. The average Bonchev–Trinajstić information content (AvgIpc) is 2.67. The summed E-state index contributed by atoms with van der Waals surface area (Å²) in [6.45, 7) is 7.42. The number of ether oxygens (including phenoxy) is 2. The van der Waals surface area contributed by atoms with Crippen LogP contribution in [0.25, 0.3) is 0 Å². The Hall–Kier alpha value is -2.74. The van der Waals surface area contributed by atoms with Gasteiger partial charge in [-0.1, -0.05) is 6.92 Å². The van der Waals surface area contributed by atoms with Gasteiger partial charge in [-0.25, -0.2) is 13.2 Å². The van der Waals surface area contributed by atoms with E-state index in [0.717, 1.165) is 6.42 Å². The summed E-state index contributed by atoms with van der Waals surface area (Å²) in [6.07, 6.45) is 0.501. The molecule has 2 rings (SSSR count). The monoisotopic (exact) mass is 420 g/mol. The van der Waals surface area contributed by atoms with Crippen molar-refractivity contribution in [3.8, 4) is 5.75 Å². The Kier molecular flexibility index (Phi) is 7.50. The number of sulfonamides is 1. The smallest absolute Gasteiger partial charge is 0.338 e. The van der Waals surface area contributed by atoms with Crippen LogP contribution in [-0.4, -0.2) is 33.6 Å². The molecule has 1 atom stereocenters. The van der Waals surface area contributed by atoms with Crippen molar-refractivity contribution in [3.63, 3.8) is 0 Å². The van der Waals surface area contributed by atoms with Crippen LogP contribution in [-0.2, 0) is 14.8 Å². The summed E-state index contributed by atoms with van der Waals surface area (Å²) in [4.78, 5) is 12.3. The number of nitrogens with one attached hydrogen (secondary N) is 2. The molecule has 2 aromatic rings. The predicted molar refractivity (Wildman–Crippen MR) is 114 cm³/mol. The third kappa shape index (κ3) is 6.12. The Labute approximate surface area is 172 Å². The largest absolute Gasteiger partial charge is 0.497 e. The van der Waals surface area contributed by atoms with E-state index in [1.165, 1.54) is 13.2 Å². The van der Waals surface area contributed by atoms with E-state index in [2.05, 4.69) is 10.0 Å². The molecular formula is C21H28N2O5S. The number of anilines is 2. The van der Waals surface area contributed by atoms with Crippen molar-refractivity contribution in [1.29, 1.82) is 0 Å². The Morgan fingerprint density at radius 2 is 1.72 bits per heavy atom. The summed E-state index contributed by atoms with van der Waals surface area (Å²) in [5, 5.41) is 3.19.